The Hall–Kier alpha value is -3.17. The van der Waals surface area contributed by atoms with Crippen molar-refractivity contribution in [3.05, 3.63) is 59.4 Å². The Bertz CT molecular complexity index is 1050. The van der Waals surface area contributed by atoms with E-state index < -0.39 is 0 Å². The van der Waals surface area contributed by atoms with E-state index in [4.69, 9.17) is 14.2 Å². The third-order valence-electron chi connectivity index (χ3n) is 6.47. The van der Waals surface area contributed by atoms with Crippen LogP contribution >= 0.6 is 0 Å². The molecule has 0 unspecified atom stereocenters. The molecule has 2 amide bonds. The van der Waals surface area contributed by atoms with Gasteiger partial charge in [-0.15, -0.1) is 0 Å². The number of benzene rings is 2. The molecule has 3 heterocycles. The molecule has 0 saturated carbocycles. The van der Waals surface area contributed by atoms with E-state index in [9.17, 15) is 14.0 Å². The summed E-state index contributed by atoms with van der Waals surface area (Å²) in [5.41, 5.74) is 1.08. The summed E-state index contributed by atoms with van der Waals surface area (Å²) in [6.07, 6.45) is 0.755. The van der Waals surface area contributed by atoms with Gasteiger partial charge in [-0.2, -0.15) is 0 Å². The van der Waals surface area contributed by atoms with E-state index in [0.717, 1.165) is 19.5 Å². The number of nitrogens with zero attached hydrogens (tertiary/aromatic N) is 3. The maximum atomic E-state index is 13.2. The highest BCUT2D eigenvalue weighted by molar-refractivity contribution is 5.95. The topological polar surface area (TPSA) is 71.6 Å². The van der Waals surface area contributed by atoms with Gasteiger partial charge in [0.25, 0.3) is 11.8 Å². The Labute approximate surface area is 197 Å². The van der Waals surface area contributed by atoms with Crippen molar-refractivity contribution >= 4 is 11.8 Å². The molecular weight excluding hydrogens is 441 g/mol. The molecule has 2 aromatic rings. The lowest BCUT2D eigenvalue weighted by atomic mass is 10.1. The van der Waals surface area contributed by atoms with Gasteiger partial charge >= 0.3 is 0 Å². The minimum Gasteiger partial charge on any atom is -0.454 e. The van der Waals surface area contributed by atoms with Crippen molar-refractivity contribution in [1.29, 1.82) is 0 Å². The number of morpholine rings is 1. The van der Waals surface area contributed by atoms with Crippen LogP contribution in [0.3, 0.4) is 0 Å². The van der Waals surface area contributed by atoms with Gasteiger partial charge in [-0.05, 0) is 55.4 Å². The number of carbonyl (C=O) groups is 2. The zero-order chi connectivity index (χ0) is 23.5. The van der Waals surface area contributed by atoms with E-state index in [1.165, 1.54) is 24.3 Å². The van der Waals surface area contributed by atoms with Gasteiger partial charge in [0.15, 0.2) is 11.5 Å². The lowest BCUT2D eigenvalue weighted by Gasteiger charge is -2.35. The Kier molecular flexibility index (Phi) is 6.64. The average molecular weight is 470 g/mol. The van der Waals surface area contributed by atoms with Crippen LogP contribution in [0.15, 0.2) is 42.5 Å². The van der Waals surface area contributed by atoms with Crippen LogP contribution in [0.25, 0.3) is 0 Å². The summed E-state index contributed by atoms with van der Waals surface area (Å²) in [7, 11) is 0. The molecule has 0 radical (unpaired) electrons. The third-order valence-corrected chi connectivity index (χ3v) is 6.47. The molecule has 8 nitrogen and oxygen atoms in total. The molecule has 0 aromatic heterocycles. The second kappa shape index (κ2) is 9.99. The first-order chi connectivity index (χ1) is 16.6. The van der Waals surface area contributed by atoms with Crippen LogP contribution in [0.1, 0.15) is 27.1 Å². The van der Waals surface area contributed by atoms with Gasteiger partial charge in [-0.25, -0.2) is 4.39 Å². The molecule has 9 heteroatoms. The molecule has 2 fully saturated rings. The van der Waals surface area contributed by atoms with Crippen LogP contribution in [-0.4, -0.2) is 91.8 Å². The fourth-order valence-electron chi connectivity index (χ4n) is 4.65. The van der Waals surface area contributed by atoms with Gasteiger partial charge in [-0.3, -0.25) is 14.5 Å². The Balaban J connectivity index is 1.15. The Morgan fingerprint density at radius 3 is 2.47 bits per heavy atom. The maximum absolute atomic E-state index is 13.2. The highest BCUT2D eigenvalue weighted by Crippen LogP contribution is 2.33. The molecule has 3 aliphatic rings. The minimum atomic E-state index is -0.350. The zero-order valence-corrected chi connectivity index (χ0v) is 19.0. The average Bonchev–Trinajstić information content (AvgIpc) is 3.21. The molecule has 5 rings (SSSR count). The number of ether oxygens (including phenoxy) is 3. The van der Waals surface area contributed by atoms with Crippen molar-refractivity contribution in [2.24, 2.45) is 0 Å². The van der Waals surface area contributed by atoms with Crippen molar-refractivity contribution in [3.63, 3.8) is 0 Å². The smallest absolute Gasteiger partial charge is 0.254 e. The second-order valence-electron chi connectivity index (χ2n) is 8.77. The Morgan fingerprint density at radius 2 is 1.62 bits per heavy atom. The van der Waals surface area contributed by atoms with Crippen LogP contribution in [0.2, 0.25) is 0 Å². The van der Waals surface area contributed by atoms with Gasteiger partial charge in [0, 0.05) is 50.4 Å². The molecule has 34 heavy (non-hydrogen) atoms. The highest BCUT2D eigenvalue weighted by atomic mass is 19.1. The molecule has 0 aliphatic carbocycles. The van der Waals surface area contributed by atoms with Gasteiger partial charge in [0.1, 0.15) is 5.82 Å². The number of fused-ring (bicyclic) bond motifs is 1. The summed E-state index contributed by atoms with van der Waals surface area (Å²) in [4.78, 5) is 31.8. The lowest BCUT2D eigenvalue weighted by Crippen LogP contribution is -2.50. The molecule has 0 bridgehead atoms. The fraction of sp³-hybridized carbons (Fsp3) is 0.440. The van der Waals surface area contributed by atoms with Crippen LogP contribution in [0.4, 0.5) is 4.39 Å². The minimum absolute atomic E-state index is 0.0430. The zero-order valence-electron chi connectivity index (χ0n) is 19.0. The molecule has 3 aliphatic heterocycles. The first kappa shape index (κ1) is 22.6. The number of hydrogen-bond donors (Lipinski definition) is 0. The summed E-state index contributed by atoms with van der Waals surface area (Å²) in [5.74, 6) is 0.788. The maximum Gasteiger partial charge on any atom is 0.254 e. The molecule has 2 aromatic carbocycles. The molecule has 2 saturated heterocycles. The predicted octanol–water partition coefficient (Wildman–Crippen LogP) is 2.24. The first-order valence-corrected chi connectivity index (χ1v) is 11.6. The summed E-state index contributed by atoms with van der Waals surface area (Å²) < 4.78 is 29.9. The second-order valence-corrected chi connectivity index (χ2v) is 8.77. The van der Waals surface area contributed by atoms with Crippen LogP contribution in [-0.2, 0) is 4.74 Å². The molecule has 180 valence electrons. The van der Waals surface area contributed by atoms with Crippen LogP contribution in [0.5, 0.6) is 11.5 Å². The molecule has 0 spiro atoms. The lowest BCUT2D eigenvalue weighted by molar-refractivity contribution is -0.0353. The summed E-state index contributed by atoms with van der Waals surface area (Å²) in [6.45, 7) is 5.26. The van der Waals surface area contributed by atoms with E-state index in [1.54, 1.807) is 18.2 Å². The van der Waals surface area contributed by atoms with Crippen LogP contribution < -0.4 is 9.47 Å². The van der Waals surface area contributed by atoms with Crippen molar-refractivity contribution in [1.82, 2.24) is 14.7 Å². The van der Waals surface area contributed by atoms with Crippen molar-refractivity contribution < 1.29 is 28.2 Å². The summed E-state index contributed by atoms with van der Waals surface area (Å²) in [6, 6.07) is 11.0. The largest absolute Gasteiger partial charge is 0.454 e. The van der Waals surface area contributed by atoms with E-state index in [2.05, 4.69) is 4.90 Å². The van der Waals surface area contributed by atoms with Crippen LogP contribution in [0, 0.1) is 5.82 Å². The number of rotatable bonds is 4. The van der Waals surface area contributed by atoms with Crippen molar-refractivity contribution in [3.8, 4) is 11.5 Å². The van der Waals surface area contributed by atoms with Gasteiger partial charge < -0.3 is 24.0 Å². The number of carbonyl (C=O) groups excluding carboxylic acids is 2. The van der Waals surface area contributed by atoms with E-state index >= 15 is 0 Å². The molecule has 1 atom stereocenters. The first-order valence-electron chi connectivity index (χ1n) is 11.6. The number of amides is 2. The third kappa shape index (κ3) is 5.00. The standard InChI is InChI=1S/C25H28FN3O5/c26-20-5-2-18(3-6-20)24(30)28-9-1-8-27(10-11-28)15-21-16-29(12-13-32-21)25(31)19-4-7-22-23(14-19)34-17-33-22/h2-7,14,21H,1,8-13,15-17H2/t21-/m0/s1. The van der Waals surface area contributed by atoms with Gasteiger partial charge in [-0.1, -0.05) is 0 Å². The van der Waals surface area contributed by atoms with Crippen molar-refractivity contribution in [2.45, 2.75) is 12.5 Å². The fourth-order valence-corrected chi connectivity index (χ4v) is 4.65. The quantitative estimate of drug-likeness (QED) is 0.684. The summed E-state index contributed by atoms with van der Waals surface area (Å²) in [5, 5.41) is 0. The van der Waals surface area contributed by atoms with E-state index in [0.29, 0.717) is 62.0 Å². The number of halogens is 1. The normalized spacial score (nSPS) is 20.8. The highest BCUT2D eigenvalue weighted by Gasteiger charge is 2.29. The van der Waals surface area contributed by atoms with Gasteiger partial charge in [0.05, 0.1) is 12.7 Å². The number of hydrogen-bond acceptors (Lipinski definition) is 6. The molecular formula is C25H28FN3O5. The van der Waals surface area contributed by atoms with Crippen molar-refractivity contribution in [2.75, 3.05) is 59.2 Å². The van der Waals surface area contributed by atoms with Gasteiger partial charge in [0.2, 0.25) is 6.79 Å². The van der Waals surface area contributed by atoms with E-state index in [1.807, 2.05) is 9.80 Å². The molecule has 0 N–H and O–H groups in total. The SMILES string of the molecule is O=C(c1ccc(F)cc1)N1CCCN(C[C@H]2CN(C(=O)c3ccc4c(c3)OCO4)CCO2)CC1. The summed E-state index contributed by atoms with van der Waals surface area (Å²) >= 11 is 0. The monoisotopic (exact) mass is 469 g/mol. The predicted molar refractivity (Wildman–Crippen MR) is 122 cm³/mol. The Morgan fingerprint density at radius 1 is 0.853 bits per heavy atom. The van der Waals surface area contributed by atoms with E-state index in [-0.39, 0.29) is 30.5 Å².